The first-order valence-corrected chi connectivity index (χ1v) is 11.3. The number of hydrogen-bond donors (Lipinski definition) is 0. The van der Waals surface area contributed by atoms with E-state index in [0.29, 0.717) is 25.3 Å². The van der Waals surface area contributed by atoms with Gasteiger partial charge < -0.3 is 14.4 Å². The Morgan fingerprint density at radius 2 is 1.72 bits per heavy atom. The normalized spacial score (nSPS) is 16.3. The second-order valence-electron chi connectivity index (χ2n) is 8.37. The molecule has 1 spiro atoms. The Morgan fingerprint density at radius 1 is 0.969 bits per heavy atom. The summed E-state index contributed by atoms with van der Waals surface area (Å²) in [6.45, 7) is 3.92. The van der Waals surface area contributed by atoms with Gasteiger partial charge in [0.1, 0.15) is 17.1 Å². The third-order valence-corrected chi connectivity index (χ3v) is 6.31. The maximum absolute atomic E-state index is 12.9. The third kappa shape index (κ3) is 4.01. The van der Waals surface area contributed by atoms with Crippen LogP contribution in [-0.2, 0) is 0 Å². The van der Waals surface area contributed by atoms with E-state index in [4.69, 9.17) is 9.47 Å². The molecular formula is C28H27NO3. The first-order valence-electron chi connectivity index (χ1n) is 11.3. The van der Waals surface area contributed by atoms with E-state index in [-0.39, 0.29) is 11.5 Å². The monoisotopic (exact) mass is 425 g/mol. The van der Waals surface area contributed by atoms with E-state index in [1.165, 1.54) is 11.1 Å². The lowest BCUT2D eigenvalue weighted by Crippen LogP contribution is -2.49. The highest BCUT2D eigenvalue weighted by molar-refractivity contribution is 5.94. The average molecular weight is 426 g/mol. The van der Waals surface area contributed by atoms with E-state index in [9.17, 15) is 4.79 Å². The molecule has 2 aliphatic rings. The summed E-state index contributed by atoms with van der Waals surface area (Å²) in [7, 11) is 0. The van der Waals surface area contributed by atoms with Crippen LogP contribution in [0, 0.1) is 0 Å². The lowest BCUT2D eigenvalue weighted by atomic mass is 9.87. The number of hydrogen-bond acceptors (Lipinski definition) is 3. The average Bonchev–Trinajstić information content (AvgIpc) is 2.85. The molecule has 5 rings (SSSR count). The van der Waals surface area contributed by atoms with Crippen molar-refractivity contribution in [1.82, 2.24) is 4.90 Å². The van der Waals surface area contributed by atoms with Crippen LogP contribution in [0.2, 0.25) is 0 Å². The Balaban J connectivity index is 1.26. The summed E-state index contributed by atoms with van der Waals surface area (Å²) >= 11 is 0. The molecule has 2 aliphatic heterocycles. The van der Waals surface area contributed by atoms with Crippen LogP contribution in [-0.4, -0.2) is 36.1 Å². The van der Waals surface area contributed by atoms with Crippen LogP contribution in [0.1, 0.15) is 35.7 Å². The number of carbonyl (C=O) groups excluding carboxylic acids is 1. The maximum atomic E-state index is 12.9. The smallest absolute Gasteiger partial charge is 0.253 e. The summed E-state index contributed by atoms with van der Waals surface area (Å²) in [5.74, 6) is 1.77. The fraction of sp³-hybridized carbons (Fsp3) is 0.250. The summed E-state index contributed by atoms with van der Waals surface area (Å²) in [5, 5.41) is 0. The number of ether oxygens (including phenoxy) is 2. The SMILES string of the molecule is CCOc1ccc(C(=O)N2CCC3(C=Cc4cc(-c5ccccc5)ccc4O3)CC2)cc1. The van der Waals surface area contributed by atoms with Crippen LogP contribution in [0.15, 0.2) is 78.9 Å². The molecule has 1 fully saturated rings. The van der Waals surface area contributed by atoms with Gasteiger partial charge in [0, 0.05) is 37.1 Å². The van der Waals surface area contributed by atoms with Crippen molar-refractivity contribution < 1.29 is 14.3 Å². The fourth-order valence-corrected chi connectivity index (χ4v) is 4.48. The van der Waals surface area contributed by atoms with Crippen molar-refractivity contribution in [1.29, 1.82) is 0 Å². The summed E-state index contributed by atoms with van der Waals surface area (Å²) < 4.78 is 12.0. The number of benzene rings is 3. The summed E-state index contributed by atoms with van der Waals surface area (Å²) in [6.07, 6.45) is 5.93. The highest BCUT2D eigenvalue weighted by atomic mass is 16.5. The van der Waals surface area contributed by atoms with Crippen LogP contribution in [0.5, 0.6) is 11.5 Å². The van der Waals surface area contributed by atoms with Crippen LogP contribution >= 0.6 is 0 Å². The lowest BCUT2D eigenvalue weighted by Gasteiger charge is -2.42. The van der Waals surface area contributed by atoms with Crippen molar-refractivity contribution in [2.24, 2.45) is 0 Å². The molecule has 0 aromatic heterocycles. The maximum Gasteiger partial charge on any atom is 0.253 e. The van der Waals surface area contributed by atoms with E-state index in [2.05, 4.69) is 54.6 Å². The van der Waals surface area contributed by atoms with Crippen molar-refractivity contribution in [3.63, 3.8) is 0 Å². The highest BCUT2D eigenvalue weighted by Crippen LogP contribution is 2.39. The van der Waals surface area contributed by atoms with E-state index in [1.807, 2.05) is 42.2 Å². The van der Waals surface area contributed by atoms with E-state index >= 15 is 0 Å². The zero-order valence-corrected chi connectivity index (χ0v) is 18.3. The van der Waals surface area contributed by atoms with Crippen LogP contribution in [0.3, 0.4) is 0 Å². The zero-order valence-electron chi connectivity index (χ0n) is 18.3. The Bertz CT molecular complexity index is 1130. The Kier molecular flexibility index (Phi) is 5.44. The van der Waals surface area contributed by atoms with Gasteiger partial charge in [0.05, 0.1) is 6.61 Å². The highest BCUT2D eigenvalue weighted by Gasteiger charge is 2.38. The summed E-state index contributed by atoms with van der Waals surface area (Å²) in [5.41, 5.74) is 3.85. The third-order valence-electron chi connectivity index (χ3n) is 6.31. The molecule has 0 unspecified atom stereocenters. The molecule has 0 aliphatic carbocycles. The standard InChI is InChI=1S/C28H27NO3/c1-2-31-25-11-8-22(9-12-25)27(30)29-18-16-28(17-19-29)15-14-24-20-23(10-13-26(24)32-28)21-6-4-3-5-7-21/h3-15,20H,2,16-19H2,1H3. The number of amides is 1. The molecule has 0 N–H and O–H groups in total. The van der Waals surface area contributed by atoms with Gasteiger partial charge in [-0.15, -0.1) is 0 Å². The Labute approximate surface area is 189 Å². The quantitative estimate of drug-likeness (QED) is 0.528. The van der Waals surface area contributed by atoms with Gasteiger partial charge in [-0.05, 0) is 60.5 Å². The number of fused-ring (bicyclic) bond motifs is 1. The van der Waals surface area contributed by atoms with Crippen LogP contribution in [0.4, 0.5) is 0 Å². The first-order chi connectivity index (χ1) is 15.7. The molecule has 0 bridgehead atoms. The topological polar surface area (TPSA) is 38.8 Å². The molecule has 4 heteroatoms. The second-order valence-corrected chi connectivity index (χ2v) is 8.37. The molecule has 0 radical (unpaired) electrons. The zero-order chi connectivity index (χ0) is 22.0. The minimum Gasteiger partial charge on any atom is -0.494 e. The molecule has 3 aromatic rings. The van der Waals surface area contributed by atoms with Crippen molar-refractivity contribution in [3.8, 4) is 22.6 Å². The summed E-state index contributed by atoms with van der Waals surface area (Å²) in [4.78, 5) is 14.9. The molecule has 4 nitrogen and oxygen atoms in total. The summed E-state index contributed by atoms with van der Waals surface area (Å²) in [6, 6.07) is 24.1. The molecule has 32 heavy (non-hydrogen) atoms. The number of nitrogens with zero attached hydrogens (tertiary/aromatic N) is 1. The molecule has 0 saturated carbocycles. The van der Waals surface area contributed by atoms with Gasteiger partial charge in [0.25, 0.3) is 5.91 Å². The number of rotatable bonds is 4. The molecule has 1 saturated heterocycles. The van der Waals surface area contributed by atoms with Crippen molar-refractivity contribution in [3.05, 3.63) is 90.0 Å². The predicted octanol–water partition coefficient (Wildman–Crippen LogP) is 5.83. The van der Waals surface area contributed by atoms with Gasteiger partial charge in [-0.3, -0.25) is 4.79 Å². The molecule has 0 atom stereocenters. The van der Waals surface area contributed by atoms with E-state index in [1.54, 1.807) is 0 Å². The van der Waals surface area contributed by atoms with Gasteiger partial charge >= 0.3 is 0 Å². The number of piperidine rings is 1. The van der Waals surface area contributed by atoms with Crippen LogP contribution in [0.25, 0.3) is 17.2 Å². The lowest BCUT2D eigenvalue weighted by molar-refractivity contribution is 0.0329. The molecule has 2 heterocycles. The van der Waals surface area contributed by atoms with Gasteiger partial charge in [0.15, 0.2) is 0 Å². The van der Waals surface area contributed by atoms with Gasteiger partial charge in [-0.1, -0.05) is 42.5 Å². The molecule has 3 aromatic carbocycles. The molecule has 1 amide bonds. The van der Waals surface area contributed by atoms with Gasteiger partial charge in [-0.2, -0.15) is 0 Å². The predicted molar refractivity (Wildman–Crippen MR) is 127 cm³/mol. The minimum absolute atomic E-state index is 0.0654. The van der Waals surface area contributed by atoms with Gasteiger partial charge in [-0.25, -0.2) is 0 Å². The second kappa shape index (κ2) is 8.54. The van der Waals surface area contributed by atoms with Crippen molar-refractivity contribution >= 4 is 12.0 Å². The van der Waals surface area contributed by atoms with Crippen molar-refractivity contribution in [2.75, 3.05) is 19.7 Å². The Hall–Kier alpha value is -3.53. The molecular weight excluding hydrogens is 398 g/mol. The fourth-order valence-electron chi connectivity index (χ4n) is 4.48. The first kappa shape index (κ1) is 20.4. The van der Waals surface area contributed by atoms with E-state index < -0.39 is 0 Å². The van der Waals surface area contributed by atoms with Crippen LogP contribution < -0.4 is 9.47 Å². The largest absolute Gasteiger partial charge is 0.494 e. The number of carbonyl (C=O) groups is 1. The van der Waals surface area contributed by atoms with E-state index in [0.717, 1.165) is 29.9 Å². The van der Waals surface area contributed by atoms with Crippen molar-refractivity contribution in [2.45, 2.75) is 25.4 Å². The Morgan fingerprint density at radius 3 is 2.44 bits per heavy atom. The van der Waals surface area contributed by atoms with Gasteiger partial charge in [0.2, 0.25) is 0 Å². The molecule has 162 valence electrons. The number of likely N-dealkylation sites (tertiary alicyclic amines) is 1. The minimum atomic E-state index is -0.336.